The number of primary amides is 1. The van der Waals surface area contributed by atoms with Gasteiger partial charge in [0.05, 0.1) is 6.42 Å². The molecule has 0 bridgehead atoms. The number of nitrogens with two attached hydrogens (primary N) is 1. The number of nitrogens with zero attached hydrogens (tertiary/aromatic N) is 1. The molecule has 0 aromatic carbocycles. The Balaban J connectivity index is 2.54. The van der Waals surface area contributed by atoms with Crippen molar-refractivity contribution in [1.82, 2.24) is 9.88 Å². The molecule has 0 spiro atoms. The van der Waals surface area contributed by atoms with Crippen LogP contribution in [-0.4, -0.2) is 33.5 Å². The maximum Gasteiger partial charge on any atom is 0.326 e. The molecule has 0 saturated heterocycles. The molecule has 4 N–H and O–H groups in total. The molecule has 0 aliphatic rings. The molecule has 2 amide bonds. The normalized spacial score (nSPS) is 11.6. The molecule has 1 rings (SSSR count). The number of aryl methyl sites for hydroxylation is 1. The number of aromatic nitrogens is 1. The highest BCUT2D eigenvalue weighted by atomic mass is 16.4. The fourth-order valence-corrected chi connectivity index (χ4v) is 1.54. The van der Waals surface area contributed by atoms with Crippen LogP contribution in [0.4, 0.5) is 0 Å². The molecule has 0 radical (unpaired) electrons. The molecule has 1 aromatic rings. The van der Waals surface area contributed by atoms with E-state index in [4.69, 9.17) is 10.8 Å². The first-order chi connectivity index (χ1) is 9.40. The van der Waals surface area contributed by atoms with Gasteiger partial charge in [0.2, 0.25) is 11.8 Å². The van der Waals surface area contributed by atoms with Gasteiger partial charge in [-0.1, -0.05) is 6.07 Å². The van der Waals surface area contributed by atoms with E-state index in [9.17, 15) is 19.2 Å². The fraction of sp³-hybridized carbons (Fsp3) is 0.333. The third-order valence-corrected chi connectivity index (χ3v) is 2.52. The summed E-state index contributed by atoms with van der Waals surface area (Å²) in [5, 5.41) is 11.0. The first-order valence-corrected chi connectivity index (χ1v) is 5.86. The van der Waals surface area contributed by atoms with E-state index in [0.29, 0.717) is 0 Å². The van der Waals surface area contributed by atoms with E-state index in [1.807, 2.05) is 0 Å². The van der Waals surface area contributed by atoms with Crippen molar-refractivity contribution in [3.05, 3.63) is 34.7 Å². The Morgan fingerprint density at radius 3 is 2.60 bits per heavy atom. The number of hydrogen-bond donors (Lipinski definition) is 3. The maximum atomic E-state index is 11.6. The summed E-state index contributed by atoms with van der Waals surface area (Å²) in [5.41, 5.74) is 4.64. The van der Waals surface area contributed by atoms with Gasteiger partial charge in [0.15, 0.2) is 0 Å². The zero-order valence-electron chi connectivity index (χ0n) is 10.6. The Kier molecular flexibility index (Phi) is 5.45. The molecule has 0 aliphatic carbocycles. The summed E-state index contributed by atoms with van der Waals surface area (Å²) >= 11 is 0. The van der Waals surface area contributed by atoms with Crippen LogP contribution in [0.5, 0.6) is 0 Å². The second kappa shape index (κ2) is 7.07. The number of nitrogens with one attached hydrogen (secondary N) is 1. The van der Waals surface area contributed by atoms with Gasteiger partial charge in [-0.2, -0.15) is 0 Å². The molecule has 108 valence electrons. The quantitative estimate of drug-likeness (QED) is 0.570. The van der Waals surface area contributed by atoms with Crippen LogP contribution in [0.2, 0.25) is 0 Å². The summed E-state index contributed by atoms with van der Waals surface area (Å²) in [4.78, 5) is 44.5. The Bertz CT molecular complexity index is 566. The second-order valence-corrected chi connectivity index (χ2v) is 4.11. The highest BCUT2D eigenvalue weighted by Gasteiger charge is 2.21. The minimum absolute atomic E-state index is 0.0769. The first-order valence-electron chi connectivity index (χ1n) is 5.86. The number of carboxylic acids is 1. The van der Waals surface area contributed by atoms with Crippen molar-refractivity contribution in [1.29, 1.82) is 0 Å². The van der Waals surface area contributed by atoms with Crippen LogP contribution in [0, 0.1) is 0 Å². The molecule has 20 heavy (non-hydrogen) atoms. The van der Waals surface area contributed by atoms with E-state index in [1.54, 1.807) is 12.1 Å². The van der Waals surface area contributed by atoms with Crippen molar-refractivity contribution in [2.75, 3.05) is 0 Å². The van der Waals surface area contributed by atoms with E-state index >= 15 is 0 Å². The van der Waals surface area contributed by atoms with Crippen LogP contribution in [0.1, 0.15) is 12.8 Å². The van der Waals surface area contributed by atoms with Crippen molar-refractivity contribution in [3.63, 3.8) is 0 Å². The molecular formula is C12H15N3O5. The topological polar surface area (TPSA) is 131 Å². The van der Waals surface area contributed by atoms with Gasteiger partial charge in [0.1, 0.15) is 6.04 Å². The van der Waals surface area contributed by atoms with Crippen molar-refractivity contribution < 1.29 is 19.5 Å². The van der Waals surface area contributed by atoms with Gasteiger partial charge in [-0.25, -0.2) is 4.79 Å². The smallest absolute Gasteiger partial charge is 0.326 e. The molecule has 1 unspecified atom stereocenters. The molecule has 8 nitrogen and oxygen atoms in total. The molecule has 0 aliphatic heterocycles. The Labute approximate surface area is 114 Å². The summed E-state index contributed by atoms with van der Waals surface area (Å²) < 4.78 is 1.32. The highest BCUT2D eigenvalue weighted by molar-refractivity contribution is 5.88. The Morgan fingerprint density at radius 1 is 1.35 bits per heavy atom. The standard InChI is InChI=1S/C12H15N3O5/c13-9(16)7-8(12(19)20)14-10(17)4-6-15-5-2-1-3-11(15)18/h1-3,5,8H,4,6-7H2,(H2,13,16)(H,14,17)(H,19,20). The summed E-state index contributed by atoms with van der Waals surface area (Å²) in [6.07, 6.45) is 0.965. The minimum Gasteiger partial charge on any atom is -0.480 e. The maximum absolute atomic E-state index is 11.6. The average Bonchev–Trinajstić information content (AvgIpc) is 2.36. The highest BCUT2D eigenvalue weighted by Crippen LogP contribution is 1.95. The summed E-state index contributed by atoms with van der Waals surface area (Å²) in [7, 11) is 0. The van der Waals surface area contributed by atoms with Gasteiger partial charge < -0.3 is 20.7 Å². The lowest BCUT2D eigenvalue weighted by Crippen LogP contribution is -2.43. The predicted molar refractivity (Wildman–Crippen MR) is 68.7 cm³/mol. The van der Waals surface area contributed by atoms with Crippen molar-refractivity contribution in [2.24, 2.45) is 5.73 Å². The number of rotatable bonds is 7. The Morgan fingerprint density at radius 2 is 2.05 bits per heavy atom. The number of aliphatic carboxylic acids is 1. The van der Waals surface area contributed by atoms with Gasteiger partial charge in [0, 0.05) is 25.2 Å². The first kappa shape index (κ1) is 15.4. The largest absolute Gasteiger partial charge is 0.480 e. The second-order valence-electron chi connectivity index (χ2n) is 4.11. The molecule has 8 heteroatoms. The van der Waals surface area contributed by atoms with Crippen LogP contribution in [0.15, 0.2) is 29.2 Å². The summed E-state index contributed by atoms with van der Waals surface area (Å²) in [6, 6.07) is 3.22. The van der Waals surface area contributed by atoms with Crippen molar-refractivity contribution >= 4 is 17.8 Å². The van der Waals surface area contributed by atoms with Crippen molar-refractivity contribution in [3.8, 4) is 0 Å². The fourth-order valence-electron chi connectivity index (χ4n) is 1.54. The molecule has 1 heterocycles. The van der Waals surface area contributed by atoms with Crippen LogP contribution < -0.4 is 16.6 Å². The number of carbonyl (C=O) groups is 3. The third kappa shape index (κ3) is 4.92. The average molecular weight is 281 g/mol. The number of carbonyl (C=O) groups excluding carboxylic acids is 2. The van der Waals surface area contributed by atoms with Gasteiger partial charge in [0.25, 0.3) is 5.56 Å². The van der Waals surface area contributed by atoms with E-state index in [0.717, 1.165) is 0 Å². The number of pyridine rings is 1. The van der Waals surface area contributed by atoms with Gasteiger partial charge in [-0.3, -0.25) is 14.4 Å². The molecule has 1 atom stereocenters. The lowest BCUT2D eigenvalue weighted by atomic mass is 10.2. The van der Waals surface area contributed by atoms with Crippen LogP contribution in [-0.2, 0) is 20.9 Å². The molecule has 0 fully saturated rings. The van der Waals surface area contributed by atoms with E-state index in [2.05, 4.69) is 5.32 Å². The minimum atomic E-state index is -1.35. The van der Waals surface area contributed by atoms with Gasteiger partial charge >= 0.3 is 5.97 Å². The molecule has 1 aromatic heterocycles. The summed E-state index contributed by atoms with van der Waals surface area (Å²) in [5.74, 6) is -2.74. The van der Waals surface area contributed by atoms with E-state index in [1.165, 1.54) is 16.8 Å². The van der Waals surface area contributed by atoms with Gasteiger partial charge in [-0.05, 0) is 6.07 Å². The van der Waals surface area contributed by atoms with Crippen molar-refractivity contribution in [2.45, 2.75) is 25.4 Å². The third-order valence-electron chi connectivity index (χ3n) is 2.52. The van der Waals surface area contributed by atoms with Gasteiger partial charge in [-0.15, -0.1) is 0 Å². The lowest BCUT2D eigenvalue weighted by Gasteiger charge is -2.13. The SMILES string of the molecule is NC(=O)CC(NC(=O)CCn1ccccc1=O)C(=O)O. The number of amides is 2. The van der Waals surface area contributed by atoms with Crippen LogP contribution in [0.3, 0.4) is 0 Å². The lowest BCUT2D eigenvalue weighted by molar-refractivity contribution is -0.143. The molecule has 0 saturated carbocycles. The zero-order valence-corrected chi connectivity index (χ0v) is 10.6. The molecular weight excluding hydrogens is 266 g/mol. The van der Waals surface area contributed by atoms with E-state index in [-0.39, 0.29) is 18.5 Å². The predicted octanol–water partition coefficient (Wildman–Crippen LogP) is -1.32. The number of hydrogen-bond acceptors (Lipinski definition) is 4. The van der Waals surface area contributed by atoms with Crippen LogP contribution >= 0.6 is 0 Å². The number of carboxylic acid groups (broad SMARTS) is 1. The van der Waals surface area contributed by atoms with E-state index < -0.39 is 30.2 Å². The van der Waals surface area contributed by atoms with Crippen LogP contribution in [0.25, 0.3) is 0 Å². The monoisotopic (exact) mass is 281 g/mol. The Hall–Kier alpha value is -2.64. The summed E-state index contributed by atoms with van der Waals surface area (Å²) in [6.45, 7) is 0.119. The zero-order chi connectivity index (χ0) is 15.1.